The molecular weight excluding hydrogens is 343 g/mol. The second-order valence-corrected chi connectivity index (χ2v) is 7.60. The molecule has 0 fully saturated rings. The fraction of sp³-hybridized carbons (Fsp3) is 0.381. The summed E-state index contributed by atoms with van der Waals surface area (Å²) in [5.41, 5.74) is 2.53. The zero-order chi connectivity index (χ0) is 19.7. The molecular formula is C21H25FN4O. The van der Waals surface area contributed by atoms with E-state index >= 15 is 0 Å². The molecule has 0 aliphatic rings. The number of pyridine rings is 1. The molecule has 0 spiro atoms. The van der Waals surface area contributed by atoms with Gasteiger partial charge in [0.15, 0.2) is 0 Å². The maximum atomic E-state index is 13.8. The van der Waals surface area contributed by atoms with Gasteiger partial charge in [0.2, 0.25) is 0 Å². The highest BCUT2D eigenvalue weighted by molar-refractivity contribution is 6.07. The van der Waals surface area contributed by atoms with Gasteiger partial charge in [-0.2, -0.15) is 5.10 Å². The topological polar surface area (TPSA) is 51.0 Å². The van der Waals surface area contributed by atoms with E-state index in [0.717, 1.165) is 5.56 Å². The number of hydrogen-bond acceptors (Lipinski definition) is 3. The number of halogens is 1. The van der Waals surface area contributed by atoms with Crippen molar-refractivity contribution in [2.24, 2.45) is 5.92 Å². The van der Waals surface area contributed by atoms with Gasteiger partial charge in [0.1, 0.15) is 5.82 Å². The van der Waals surface area contributed by atoms with Crippen molar-refractivity contribution in [3.63, 3.8) is 0 Å². The summed E-state index contributed by atoms with van der Waals surface area (Å²) in [7, 11) is 1.77. The van der Waals surface area contributed by atoms with Crippen molar-refractivity contribution >= 4 is 16.8 Å². The van der Waals surface area contributed by atoms with Gasteiger partial charge in [-0.1, -0.05) is 13.8 Å². The predicted molar refractivity (Wildman–Crippen MR) is 105 cm³/mol. The highest BCUT2D eigenvalue weighted by atomic mass is 19.1. The molecule has 0 atom stereocenters. The highest BCUT2D eigenvalue weighted by Gasteiger charge is 2.19. The van der Waals surface area contributed by atoms with Crippen molar-refractivity contribution in [2.75, 3.05) is 13.6 Å². The summed E-state index contributed by atoms with van der Waals surface area (Å²) in [4.78, 5) is 19.4. The molecule has 5 nitrogen and oxygen atoms in total. The summed E-state index contributed by atoms with van der Waals surface area (Å²) < 4.78 is 15.7. The number of aromatic nitrogens is 3. The Morgan fingerprint density at radius 3 is 2.59 bits per heavy atom. The molecule has 1 amide bonds. The van der Waals surface area contributed by atoms with Crippen LogP contribution < -0.4 is 0 Å². The molecule has 0 saturated carbocycles. The molecule has 0 aliphatic heterocycles. The number of benzene rings is 1. The van der Waals surface area contributed by atoms with E-state index in [1.165, 1.54) is 12.1 Å². The van der Waals surface area contributed by atoms with Gasteiger partial charge in [-0.15, -0.1) is 0 Å². The van der Waals surface area contributed by atoms with E-state index in [4.69, 9.17) is 0 Å². The van der Waals surface area contributed by atoms with Crippen LogP contribution in [0.3, 0.4) is 0 Å². The third kappa shape index (κ3) is 3.99. The maximum Gasteiger partial charge on any atom is 0.254 e. The zero-order valence-electron chi connectivity index (χ0n) is 16.4. The summed E-state index contributed by atoms with van der Waals surface area (Å²) >= 11 is 0. The first-order valence-electron chi connectivity index (χ1n) is 9.16. The van der Waals surface area contributed by atoms with Gasteiger partial charge < -0.3 is 4.90 Å². The average Bonchev–Trinajstić information content (AvgIpc) is 3.10. The highest BCUT2D eigenvalue weighted by Crippen LogP contribution is 2.27. The lowest BCUT2D eigenvalue weighted by atomic mass is 10.0. The van der Waals surface area contributed by atoms with E-state index in [1.807, 2.05) is 24.7 Å². The molecule has 0 bridgehead atoms. The summed E-state index contributed by atoms with van der Waals surface area (Å²) in [6.07, 6.45) is 3.65. The normalized spacial score (nSPS) is 11.6. The lowest BCUT2D eigenvalue weighted by molar-refractivity contribution is 0.0781. The fourth-order valence-corrected chi connectivity index (χ4v) is 3.11. The first-order chi connectivity index (χ1) is 12.8. The van der Waals surface area contributed by atoms with E-state index in [0.29, 0.717) is 34.6 Å². The molecule has 0 saturated heterocycles. The lowest BCUT2D eigenvalue weighted by Gasteiger charge is -2.20. The van der Waals surface area contributed by atoms with Gasteiger partial charge in [0, 0.05) is 36.8 Å². The predicted octanol–water partition coefficient (Wildman–Crippen LogP) is 4.55. The number of rotatable bonds is 5. The molecule has 0 unspecified atom stereocenters. The molecule has 0 radical (unpaired) electrons. The van der Waals surface area contributed by atoms with Crippen LogP contribution >= 0.6 is 0 Å². The Labute approximate surface area is 158 Å². The lowest BCUT2D eigenvalue weighted by Crippen LogP contribution is -2.30. The Hall–Kier alpha value is -2.76. The molecule has 0 N–H and O–H groups in total. The molecule has 2 heterocycles. The number of carbonyl (C=O) groups excluding carboxylic acids is 1. The Morgan fingerprint density at radius 2 is 1.96 bits per heavy atom. The SMILES string of the molecule is CC(C)CN(C)C(=O)c1cc(-c2cnn(C(C)C)c2)nc2ccc(F)cc12. The van der Waals surface area contributed by atoms with Gasteiger partial charge in [0.25, 0.3) is 5.91 Å². The van der Waals surface area contributed by atoms with E-state index < -0.39 is 0 Å². The van der Waals surface area contributed by atoms with Gasteiger partial charge in [0.05, 0.1) is 23.0 Å². The van der Waals surface area contributed by atoms with Gasteiger partial charge in [-0.25, -0.2) is 9.37 Å². The van der Waals surface area contributed by atoms with Crippen LogP contribution in [0.1, 0.15) is 44.1 Å². The summed E-state index contributed by atoms with van der Waals surface area (Å²) in [6, 6.07) is 6.32. The molecule has 1 aromatic carbocycles. The van der Waals surface area contributed by atoms with Crippen molar-refractivity contribution < 1.29 is 9.18 Å². The zero-order valence-corrected chi connectivity index (χ0v) is 16.4. The minimum absolute atomic E-state index is 0.140. The largest absolute Gasteiger partial charge is 0.341 e. The quantitative estimate of drug-likeness (QED) is 0.664. The second kappa shape index (κ2) is 7.47. The third-order valence-corrected chi connectivity index (χ3v) is 4.41. The molecule has 3 rings (SSSR count). The van der Waals surface area contributed by atoms with Crippen LogP contribution in [0.15, 0.2) is 36.7 Å². The Morgan fingerprint density at radius 1 is 1.22 bits per heavy atom. The third-order valence-electron chi connectivity index (χ3n) is 4.41. The molecule has 142 valence electrons. The number of hydrogen-bond donors (Lipinski definition) is 0. The minimum atomic E-state index is -0.384. The minimum Gasteiger partial charge on any atom is -0.341 e. The number of carbonyl (C=O) groups is 1. The monoisotopic (exact) mass is 368 g/mol. The van der Waals surface area contributed by atoms with Crippen LogP contribution in [0, 0.1) is 11.7 Å². The van der Waals surface area contributed by atoms with E-state index in [1.54, 1.807) is 30.3 Å². The molecule has 3 aromatic rings. The fourth-order valence-electron chi connectivity index (χ4n) is 3.11. The van der Waals surface area contributed by atoms with Crippen LogP contribution in [0.2, 0.25) is 0 Å². The van der Waals surface area contributed by atoms with E-state index in [-0.39, 0.29) is 17.8 Å². The van der Waals surface area contributed by atoms with Gasteiger partial charge in [-0.05, 0) is 44.0 Å². The van der Waals surface area contributed by atoms with Crippen LogP contribution in [-0.4, -0.2) is 39.2 Å². The van der Waals surface area contributed by atoms with Gasteiger partial charge in [-0.3, -0.25) is 9.48 Å². The standard InChI is InChI=1S/C21H25FN4O/c1-13(2)11-25(5)21(27)18-9-20(15-10-23-26(12-15)14(3)4)24-19-7-6-16(22)8-17(18)19/h6-10,12-14H,11H2,1-5H3. The van der Waals surface area contributed by atoms with Crippen molar-refractivity contribution in [3.05, 3.63) is 48.0 Å². The molecule has 6 heteroatoms. The Bertz CT molecular complexity index is 977. The van der Waals surface area contributed by atoms with E-state index in [2.05, 4.69) is 23.9 Å². The smallest absolute Gasteiger partial charge is 0.254 e. The second-order valence-electron chi connectivity index (χ2n) is 7.60. The van der Waals surface area contributed by atoms with Crippen molar-refractivity contribution in [1.29, 1.82) is 0 Å². The number of amides is 1. The van der Waals surface area contributed by atoms with Crippen molar-refractivity contribution in [3.8, 4) is 11.3 Å². The summed E-state index contributed by atoms with van der Waals surface area (Å²) in [6.45, 7) is 8.82. The molecule has 0 aliphatic carbocycles. The maximum absolute atomic E-state index is 13.8. The summed E-state index contributed by atoms with van der Waals surface area (Å²) in [5.74, 6) is -0.183. The first kappa shape index (κ1) is 19.0. The van der Waals surface area contributed by atoms with Crippen molar-refractivity contribution in [1.82, 2.24) is 19.7 Å². The molecule has 27 heavy (non-hydrogen) atoms. The van der Waals surface area contributed by atoms with E-state index in [9.17, 15) is 9.18 Å². The van der Waals surface area contributed by atoms with Crippen LogP contribution in [0.4, 0.5) is 4.39 Å². The van der Waals surface area contributed by atoms with Crippen molar-refractivity contribution in [2.45, 2.75) is 33.7 Å². The number of fused-ring (bicyclic) bond motifs is 1. The Kier molecular flexibility index (Phi) is 5.26. The Balaban J connectivity index is 2.14. The van der Waals surface area contributed by atoms with Crippen LogP contribution in [-0.2, 0) is 0 Å². The van der Waals surface area contributed by atoms with Gasteiger partial charge >= 0.3 is 0 Å². The number of nitrogens with zero attached hydrogens (tertiary/aromatic N) is 4. The van der Waals surface area contributed by atoms with Crippen LogP contribution in [0.5, 0.6) is 0 Å². The first-order valence-corrected chi connectivity index (χ1v) is 9.16. The molecule has 2 aromatic heterocycles. The summed E-state index contributed by atoms with van der Waals surface area (Å²) in [5, 5.41) is 4.88. The van der Waals surface area contributed by atoms with Crippen LogP contribution in [0.25, 0.3) is 22.2 Å². The average molecular weight is 368 g/mol.